The number of thiophene rings is 1. The maximum absolute atomic E-state index is 12.2. The van der Waals surface area contributed by atoms with Gasteiger partial charge in [-0.2, -0.15) is 0 Å². The van der Waals surface area contributed by atoms with Crippen LogP contribution in [-0.4, -0.2) is 19.9 Å². The first-order valence-corrected chi connectivity index (χ1v) is 8.70. The molecule has 0 fully saturated rings. The van der Waals surface area contributed by atoms with E-state index in [1.54, 1.807) is 11.3 Å². The molecule has 7 heteroatoms. The number of nitrogens with one attached hydrogen (secondary N) is 1. The molecule has 0 aliphatic rings. The smallest absolute Gasteiger partial charge is 0.243 e. The fraction of sp³-hybridized carbons (Fsp3) is 0.308. The summed E-state index contributed by atoms with van der Waals surface area (Å²) in [5.41, 5.74) is -0.282. The van der Waals surface area contributed by atoms with E-state index in [0.717, 1.165) is 4.88 Å². The Balaban J connectivity index is 2.17. The molecule has 108 valence electrons. The minimum atomic E-state index is -3.66. The van der Waals surface area contributed by atoms with Crippen molar-refractivity contribution >= 4 is 33.0 Å². The summed E-state index contributed by atoms with van der Waals surface area (Å²) in [6, 6.07) is 5.41. The van der Waals surface area contributed by atoms with E-state index in [1.807, 2.05) is 31.4 Å². The number of nitrogens with zero attached hydrogens (tertiary/aromatic N) is 1. The van der Waals surface area contributed by atoms with Crippen molar-refractivity contribution in [1.82, 2.24) is 9.71 Å². The van der Waals surface area contributed by atoms with Gasteiger partial charge in [-0.15, -0.1) is 11.3 Å². The zero-order chi connectivity index (χ0) is 14.8. The Bertz CT molecular complexity index is 682. The molecule has 2 aromatic rings. The van der Waals surface area contributed by atoms with Gasteiger partial charge in [-0.1, -0.05) is 31.5 Å². The Morgan fingerprint density at radius 1 is 1.40 bits per heavy atom. The van der Waals surface area contributed by atoms with E-state index in [4.69, 9.17) is 11.6 Å². The summed E-state index contributed by atoms with van der Waals surface area (Å²) in [4.78, 5) is 4.93. The molecule has 20 heavy (non-hydrogen) atoms. The van der Waals surface area contributed by atoms with Crippen molar-refractivity contribution in [2.24, 2.45) is 0 Å². The molecule has 2 rings (SSSR count). The van der Waals surface area contributed by atoms with Gasteiger partial charge in [0.15, 0.2) is 0 Å². The summed E-state index contributed by atoms with van der Waals surface area (Å²) in [5.74, 6) is 0. The molecule has 0 saturated carbocycles. The van der Waals surface area contributed by atoms with Crippen molar-refractivity contribution < 1.29 is 8.42 Å². The van der Waals surface area contributed by atoms with Crippen LogP contribution < -0.4 is 4.72 Å². The monoisotopic (exact) mass is 330 g/mol. The lowest BCUT2D eigenvalue weighted by molar-refractivity contribution is 0.509. The van der Waals surface area contributed by atoms with Gasteiger partial charge in [0.2, 0.25) is 10.0 Å². The van der Waals surface area contributed by atoms with Crippen LogP contribution >= 0.6 is 22.9 Å². The maximum atomic E-state index is 12.2. The minimum absolute atomic E-state index is 0.00338. The van der Waals surface area contributed by atoms with E-state index >= 15 is 0 Å². The van der Waals surface area contributed by atoms with Crippen LogP contribution in [0.5, 0.6) is 0 Å². The summed E-state index contributed by atoms with van der Waals surface area (Å²) in [6.07, 6.45) is 2.71. The SMILES string of the molecule is CC(C)(CNS(=O)(=O)c1cnccc1Cl)c1cccs1. The highest BCUT2D eigenvalue weighted by Crippen LogP contribution is 2.27. The van der Waals surface area contributed by atoms with E-state index in [0.29, 0.717) is 6.54 Å². The molecule has 0 atom stereocenters. The molecule has 4 nitrogen and oxygen atoms in total. The normalized spacial score (nSPS) is 12.6. The second-order valence-corrected chi connectivity index (χ2v) is 8.08. The Labute approximate surface area is 127 Å². The van der Waals surface area contributed by atoms with Gasteiger partial charge in [0.05, 0.1) is 5.02 Å². The predicted molar refractivity (Wildman–Crippen MR) is 81.8 cm³/mol. The molecule has 0 aliphatic heterocycles. The van der Waals surface area contributed by atoms with Crippen molar-refractivity contribution in [3.8, 4) is 0 Å². The van der Waals surface area contributed by atoms with Crippen LogP contribution in [-0.2, 0) is 15.4 Å². The number of halogens is 1. The molecular formula is C13H15ClN2O2S2. The lowest BCUT2D eigenvalue weighted by Crippen LogP contribution is -2.36. The Hall–Kier alpha value is -0.950. The molecule has 0 aliphatic carbocycles. The molecule has 0 saturated heterocycles. The van der Waals surface area contributed by atoms with Gasteiger partial charge >= 0.3 is 0 Å². The second-order valence-electron chi connectivity index (χ2n) is 4.99. The third kappa shape index (κ3) is 3.38. The predicted octanol–water partition coefficient (Wildman–Crippen LogP) is 3.05. The van der Waals surface area contributed by atoms with Crippen LogP contribution in [0.3, 0.4) is 0 Å². The maximum Gasteiger partial charge on any atom is 0.243 e. The summed E-state index contributed by atoms with van der Waals surface area (Å²) < 4.78 is 27.1. The standard InChI is InChI=1S/C13H15ClN2O2S2/c1-13(2,12-4-3-7-19-12)9-16-20(17,18)11-8-15-6-5-10(11)14/h3-8,16H,9H2,1-2H3. The summed E-state index contributed by atoms with van der Waals surface area (Å²) >= 11 is 7.51. The highest BCUT2D eigenvalue weighted by molar-refractivity contribution is 7.89. The Morgan fingerprint density at radius 3 is 2.75 bits per heavy atom. The Kier molecular flexibility index (Phi) is 4.49. The van der Waals surface area contributed by atoms with Crippen LogP contribution in [0.4, 0.5) is 0 Å². The van der Waals surface area contributed by atoms with Crippen LogP contribution in [0.15, 0.2) is 40.9 Å². The summed E-state index contributed by atoms with van der Waals surface area (Å²) in [7, 11) is -3.66. The van der Waals surface area contributed by atoms with Gasteiger partial charge < -0.3 is 0 Å². The molecule has 0 radical (unpaired) electrons. The molecule has 0 amide bonds. The van der Waals surface area contributed by atoms with E-state index < -0.39 is 10.0 Å². The summed E-state index contributed by atoms with van der Waals surface area (Å²) in [5, 5.41) is 2.14. The number of pyridine rings is 1. The number of rotatable bonds is 5. The molecular weight excluding hydrogens is 316 g/mol. The summed E-state index contributed by atoms with van der Waals surface area (Å²) in [6.45, 7) is 4.28. The third-order valence-electron chi connectivity index (χ3n) is 2.92. The number of hydrogen-bond donors (Lipinski definition) is 1. The molecule has 0 bridgehead atoms. The van der Waals surface area contributed by atoms with Gasteiger partial charge in [-0.25, -0.2) is 13.1 Å². The lowest BCUT2D eigenvalue weighted by atomic mass is 9.92. The molecule has 2 heterocycles. The largest absolute Gasteiger partial charge is 0.263 e. The van der Waals surface area contributed by atoms with Crippen molar-refractivity contribution in [3.05, 3.63) is 45.9 Å². The van der Waals surface area contributed by atoms with Gasteiger partial charge in [-0.3, -0.25) is 4.98 Å². The molecule has 0 aromatic carbocycles. The van der Waals surface area contributed by atoms with Crippen molar-refractivity contribution in [1.29, 1.82) is 0 Å². The fourth-order valence-electron chi connectivity index (χ4n) is 1.66. The topological polar surface area (TPSA) is 59.1 Å². The molecule has 2 aromatic heterocycles. The van der Waals surface area contributed by atoms with E-state index in [-0.39, 0.29) is 15.3 Å². The molecule has 1 N–H and O–H groups in total. The van der Waals surface area contributed by atoms with Crippen LogP contribution in [0.2, 0.25) is 5.02 Å². The van der Waals surface area contributed by atoms with Crippen LogP contribution in [0.1, 0.15) is 18.7 Å². The van der Waals surface area contributed by atoms with Crippen LogP contribution in [0, 0.1) is 0 Å². The lowest BCUT2D eigenvalue weighted by Gasteiger charge is -2.23. The number of sulfonamides is 1. The first-order chi connectivity index (χ1) is 9.33. The zero-order valence-electron chi connectivity index (χ0n) is 11.1. The highest BCUT2D eigenvalue weighted by Gasteiger charge is 2.26. The average Bonchev–Trinajstić information content (AvgIpc) is 2.92. The molecule has 0 unspecified atom stereocenters. The fourth-order valence-corrected chi connectivity index (χ4v) is 4.16. The van der Waals surface area contributed by atoms with Crippen molar-refractivity contribution in [2.45, 2.75) is 24.2 Å². The average molecular weight is 331 g/mol. The first kappa shape index (κ1) is 15.4. The van der Waals surface area contributed by atoms with Crippen LogP contribution in [0.25, 0.3) is 0 Å². The van der Waals surface area contributed by atoms with E-state index in [9.17, 15) is 8.42 Å². The molecule has 0 spiro atoms. The van der Waals surface area contributed by atoms with E-state index in [2.05, 4.69) is 9.71 Å². The van der Waals surface area contributed by atoms with Gasteiger partial charge in [0.1, 0.15) is 4.90 Å². The first-order valence-electron chi connectivity index (χ1n) is 5.96. The Morgan fingerprint density at radius 2 is 2.15 bits per heavy atom. The quantitative estimate of drug-likeness (QED) is 0.916. The third-order valence-corrected chi connectivity index (χ3v) is 6.02. The van der Waals surface area contributed by atoms with Gasteiger partial charge in [0.25, 0.3) is 0 Å². The van der Waals surface area contributed by atoms with Gasteiger partial charge in [-0.05, 0) is 17.5 Å². The minimum Gasteiger partial charge on any atom is -0.263 e. The highest BCUT2D eigenvalue weighted by atomic mass is 35.5. The van der Waals surface area contributed by atoms with Gasteiger partial charge in [0, 0.05) is 29.2 Å². The number of aromatic nitrogens is 1. The van der Waals surface area contributed by atoms with Crippen molar-refractivity contribution in [2.75, 3.05) is 6.54 Å². The second kappa shape index (κ2) is 5.81. The number of hydrogen-bond acceptors (Lipinski definition) is 4. The van der Waals surface area contributed by atoms with Crippen molar-refractivity contribution in [3.63, 3.8) is 0 Å². The van der Waals surface area contributed by atoms with E-state index in [1.165, 1.54) is 18.5 Å². The zero-order valence-corrected chi connectivity index (χ0v) is 13.5.